The molecule has 1 heterocycles. The molecule has 1 fully saturated rings. The Kier molecular flexibility index (Phi) is 6.45. The average molecular weight is 241 g/mol. The summed E-state index contributed by atoms with van der Waals surface area (Å²) in [6.07, 6.45) is 2.55. The van der Waals surface area contributed by atoms with Crippen LogP contribution in [0.15, 0.2) is 0 Å². The Balaban J connectivity index is 2.45. The van der Waals surface area contributed by atoms with Gasteiger partial charge in [-0.05, 0) is 31.8 Å². The topological polar surface area (TPSA) is 18.5 Å². The molecule has 1 N–H and O–H groups in total. The SMILES string of the molecule is CCN1CCN(CC(CC)(CC)CNC)CC1. The van der Waals surface area contributed by atoms with Gasteiger partial charge in [0.2, 0.25) is 0 Å². The molecule has 0 radical (unpaired) electrons. The van der Waals surface area contributed by atoms with Crippen LogP contribution < -0.4 is 5.32 Å². The van der Waals surface area contributed by atoms with Crippen LogP contribution in [0.4, 0.5) is 0 Å². The quantitative estimate of drug-likeness (QED) is 0.731. The van der Waals surface area contributed by atoms with Gasteiger partial charge in [0.1, 0.15) is 0 Å². The van der Waals surface area contributed by atoms with Gasteiger partial charge in [0.05, 0.1) is 0 Å². The highest BCUT2D eigenvalue weighted by atomic mass is 15.3. The minimum absolute atomic E-state index is 0.475. The van der Waals surface area contributed by atoms with E-state index in [0.29, 0.717) is 5.41 Å². The van der Waals surface area contributed by atoms with Crippen LogP contribution in [0.25, 0.3) is 0 Å². The zero-order valence-corrected chi connectivity index (χ0v) is 12.3. The van der Waals surface area contributed by atoms with Gasteiger partial charge in [0, 0.05) is 39.3 Å². The molecule has 0 aromatic carbocycles. The number of rotatable bonds is 7. The number of nitrogens with zero attached hydrogens (tertiary/aromatic N) is 2. The fraction of sp³-hybridized carbons (Fsp3) is 1.00. The third-order valence-electron chi connectivity index (χ3n) is 4.52. The lowest BCUT2D eigenvalue weighted by Gasteiger charge is -2.41. The molecule has 1 rings (SSSR count). The predicted molar refractivity (Wildman–Crippen MR) is 75.5 cm³/mol. The van der Waals surface area contributed by atoms with E-state index < -0.39 is 0 Å². The molecule has 0 bridgehead atoms. The van der Waals surface area contributed by atoms with E-state index in [-0.39, 0.29) is 0 Å². The van der Waals surface area contributed by atoms with E-state index in [9.17, 15) is 0 Å². The standard InChI is InChI=1S/C14H31N3/c1-5-14(6-2,12-15-4)13-17-10-8-16(7-3)9-11-17/h15H,5-13H2,1-4H3. The molecule has 102 valence electrons. The molecule has 0 aromatic rings. The molecule has 3 nitrogen and oxygen atoms in total. The van der Waals surface area contributed by atoms with Crippen molar-refractivity contribution in [1.29, 1.82) is 0 Å². The first kappa shape index (κ1) is 14.9. The van der Waals surface area contributed by atoms with E-state index in [1.165, 1.54) is 52.1 Å². The molecule has 17 heavy (non-hydrogen) atoms. The molecule has 1 aliphatic rings. The van der Waals surface area contributed by atoms with Crippen LogP contribution in [0.1, 0.15) is 33.6 Å². The summed E-state index contributed by atoms with van der Waals surface area (Å²) in [5.74, 6) is 0. The third kappa shape index (κ3) is 4.23. The van der Waals surface area contributed by atoms with E-state index in [2.05, 4.69) is 42.9 Å². The van der Waals surface area contributed by atoms with E-state index in [4.69, 9.17) is 0 Å². The summed E-state index contributed by atoms with van der Waals surface area (Å²) in [5.41, 5.74) is 0.475. The molecule has 0 saturated carbocycles. The highest BCUT2D eigenvalue weighted by Gasteiger charge is 2.29. The Morgan fingerprint density at radius 2 is 1.47 bits per heavy atom. The van der Waals surface area contributed by atoms with Crippen molar-refractivity contribution < 1.29 is 0 Å². The van der Waals surface area contributed by atoms with E-state index in [1.807, 2.05) is 0 Å². The molecular weight excluding hydrogens is 210 g/mol. The number of hydrogen-bond donors (Lipinski definition) is 1. The summed E-state index contributed by atoms with van der Waals surface area (Å²) in [6, 6.07) is 0. The van der Waals surface area contributed by atoms with Gasteiger partial charge in [0.15, 0.2) is 0 Å². The molecule has 0 amide bonds. The highest BCUT2D eigenvalue weighted by Crippen LogP contribution is 2.27. The van der Waals surface area contributed by atoms with Gasteiger partial charge in [-0.2, -0.15) is 0 Å². The summed E-state index contributed by atoms with van der Waals surface area (Å²) in [6.45, 7) is 15.5. The predicted octanol–water partition coefficient (Wildman–Crippen LogP) is 1.65. The van der Waals surface area contributed by atoms with Crippen LogP contribution >= 0.6 is 0 Å². The van der Waals surface area contributed by atoms with Crippen molar-refractivity contribution in [3.05, 3.63) is 0 Å². The molecule has 1 aliphatic heterocycles. The minimum Gasteiger partial charge on any atom is -0.319 e. The second-order valence-corrected chi connectivity index (χ2v) is 5.45. The van der Waals surface area contributed by atoms with Gasteiger partial charge in [-0.25, -0.2) is 0 Å². The summed E-state index contributed by atoms with van der Waals surface area (Å²) in [5, 5.41) is 3.38. The first-order chi connectivity index (χ1) is 8.19. The Morgan fingerprint density at radius 3 is 1.88 bits per heavy atom. The van der Waals surface area contributed by atoms with Gasteiger partial charge >= 0.3 is 0 Å². The van der Waals surface area contributed by atoms with E-state index >= 15 is 0 Å². The van der Waals surface area contributed by atoms with Crippen LogP contribution in [0.5, 0.6) is 0 Å². The second kappa shape index (κ2) is 7.34. The number of hydrogen-bond acceptors (Lipinski definition) is 3. The fourth-order valence-electron chi connectivity index (χ4n) is 2.89. The van der Waals surface area contributed by atoms with Crippen LogP contribution in [0.3, 0.4) is 0 Å². The van der Waals surface area contributed by atoms with Gasteiger partial charge in [-0.15, -0.1) is 0 Å². The summed E-state index contributed by atoms with van der Waals surface area (Å²) in [4.78, 5) is 5.21. The van der Waals surface area contributed by atoms with Crippen LogP contribution in [-0.4, -0.2) is 62.7 Å². The Hall–Kier alpha value is -0.120. The molecule has 0 aliphatic carbocycles. The molecule has 1 saturated heterocycles. The van der Waals surface area contributed by atoms with Crippen molar-refractivity contribution in [2.75, 3.05) is 52.9 Å². The maximum absolute atomic E-state index is 3.38. The summed E-state index contributed by atoms with van der Waals surface area (Å²) >= 11 is 0. The molecule has 0 aromatic heterocycles. The smallest absolute Gasteiger partial charge is 0.0110 e. The lowest BCUT2D eigenvalue weighted by Crippen LogP contribution is -2.51. The average Bonchev–Trinajstić information content (AvgIpc) is 2.39. The van der Waals surface area contributed by atoms with Gasteiger partial charge < -0.3 is 15.1 Å². The number of piperazine rings is 1. The van der Waals surface area contributed by atoms with Crippen LogP contribution in [-0.2, 0) is 0 Å². The highest BCUT2D eigenvalue weighted by molar-refractivity contribution is 4.84. The molecule has 3 heteroatoms. The zero-order chi connectivity index (χ0) is 12.7. The van der Waals surface area contributed by atoms with Crippen LogP contribution in [0.2, 0.25) is 0 Å². The van der Waals surface area contributed by atoms with E-state index in [0.717, 1.165) is 6.54 Å². The van der Waals surface area contributed by atoms with Crippen LogP contribution in [0, 0.1) is 5.41 Å². The largest absolute Gasteiger partial charge is 0.319 e. The maximum Gasteiger partial charge on any atom is 0.0110 e. The van der Waals surface area contributed by atoms with Gasteiger partial charge in [-0.1, -0.05) is 20.8 Å². The molecular formula is C14H31N3. The van der Waals surface area contributed by atoms with Crippen molar-refractivity contribution >= 4 is 0 Å². The van der Waals surface area contributed by atoms with Gasteiger partial charge in [0.25, 0.3) is 0 Å². The Labute approximate surface area is 108 Å². The second-order valence-electron chi connectivity index (χ2n) is 5.45. The van der Waals surface area contributed by atoms with E-state index in [1.54, 1.807) is 0 Å². The lowest BCUT2D eigenvalue weighted by molar-refractivity contribution is 0.0815. The zero-order valence-electron chi connectivity index (χ0n) is 12.3. The van der Waals surface area contributed by atoms with Gasteiger partial charge in [-0.3, -0.25) is 0 Å². The summed E-state index contributed by atoms with van der Waals surface area (Å²) < 4.78 is 0. The first-order valence-corrected chi connectivity index (χ1v) is 7.29. The van der Waals surface area contributed by atoms with Crippen molar-refractivity contribution in [3.8, 4) is 0 Å². The molecule has 0 unspecified atom stereocenters. The van der Waals surface area contributed by atoms with Crippen molar-refractivity contribution in [3.63, 3.8) is 0 Å². The molecule has 0 spiro atoms. The number of likely N-dealkylation sites (N-methyl/N-ethyl adjacent to an activating group) is 1. The maximum atomic E-state index is 3.38. The summed E-state index contributed by atoms with van der Waals surface area (Å²) in [7, 11) is 2.08. The van der Waals surface area contributed by atoms with Crippen molar-refractivity contribution in [2.24, 2.45) is 5.41 Å². The Morgan fingerprint density at radius 1 is 0.941 bits per heavy atom. The minimum atomic E-state index is 0.475. The molecule has 0 atom stereocenters. The normalized spacial score (nSPS) is 19.8. The Bertz CT molecular complexity index is 194. The third-order valence-corrected chi connectivity index (χ3v) is 4.52. The first-order valence-electron chi connectivity index (χ1n) is 7.29. The van der Waals surface area contributed by atoms with Crippen molar-refractivity contribution in [1.82, 2.24) is 15.1 Å². The van der Waals surface area contributed by atoms with Crippen molar-refractivity contribution in [2.45, 2.75) is 33.6 Å². The fourth-order valence-corrected chi connectivity index (χ4v) is 2.89. The number of nitrogens with one attached hydrogen (secondary N) is 1. The monoisotopic (exact) mass is 241 g/mol. The lowest BCUT2D eigenvalue weighted by atomic mass is 9.81.